The number of aliphatic hydroxyl groups excluding tert-OH is 1. The number of ether oxygens (including phenoxy) is 1. The number of hydrogen-bond acceptors (Lipinski definition) is 3. The summed E-state index contributed by atoms with van der Waals surface area (Å²) in [6.45, 7) is 8.67. The van der Waals surface area contributed by atoms with Gasteiger partial charge in [-0.3, -0.25) is 4.79 Å². The molecule has 0 bridgehead atoms. The van der Waals surface area contributed by atoms with E-state index in [-0.39, 0.29) is 12.5 Å². The molecule has 0 saturated carbocycles. The summed E-state index contributed by atoms with van der Waals surface area (Å²) in [6.07, 6.45) is 0.439. The molecule has 0 unspecified atom stereocenters. The summed E-state index contributed by atoms with van der Waals surface area (Å²) in [7, 11) is 0. The van der Waals surface area contributed by atoms with Crippen LogP contribution in [0.15, 0.2) is 36.4 Å². The fraction of sp³-hybridized carbons (Fsp3) is 0.381. The lowest BCUT2D eigenvalue weighted by molar-refractivity contribution is -0.118. The zero-order valence-corrected chi connectivity index (χ0v) is 15.5. The summed E-state index contributed by atoms with van der Waals surface area (Å²) >= 11 is 0. The first-order valence-electron chi connectivity index (χ1n) is 8.73. The molecule has 0 atom stereocenters. The van der Waals surface area contributed by atoms with Crippen molar-refractivity contribution in [1.29, 1.82) is 0 Å². The molecule has 1 amide bonds. The minimum Gasteiger partial charge on any atom is -0.489 e. The number of benzene rings is 2. The molecule has 0 heterocycles. The number of carbonyl (C=O) groups is 1. The van der Waals surface area contributed by atoms with Gasteiger partial charge < -0.3 is 14.7 Å². The number of aliphatic hydroxyl groups is 1. The number of nitrogens with zero attached hydrogens (tertiary/aromatic N) is 1. The van der Waals surface area contributed by atoms with E-state index in [2.05, 4.69) is 6.07 Å². The van der Waals surface area contributed by atoms with Crippen LogP contribution in [0.2, 0.25) is 0 Å². The van der Waals surface area contributed by atoms with E-state index in [1.54, 1.807) is 4.90 Å². The van der Waals surface area contributed by atoms with Gasteiger partial charge in [-0.15, -0.1) is 0 Å². The van der Waals surface area contributed by atoms with Gasteiger partial charge in [0, 0.05) is 18.5 Å². The minimum absolute atomic E-state index is 0.0605. The molecule has 0 saturated heterocycles. The highest BCUT2D eigenvalue weighted by molar-refractivity contribution is 5.94. The maximum absolute atomic E-state index is 12.3. The monoisotopic (exact) mass is 341 g/mol. The van der Waals surface area contributed by atoms with E-state index in [4.69, 9.17) is 4.74 Å². The number of aryl methyl sites for hydroxylation is 2. The lowest BCUT2D eigenvalue weighted by Crippen LogP contribution is -2.31. The van der Waals surface area contributed by atoms with E-state index in [0.29, 0.717) is 19.6 Å². The third-order valence-corrected chi connectivity index (χ3v) is 4.33. The van der Waals surface area contributed by atoms with Gasteiger partial charge in [-0.1, -0.05) is 36.8 Å². The van der Waals surface area contributed by atoms with Gasteiger partial charge in [0.1, 0.15) is 12.4 Å². The van der Waals surface area contributed by atoms with Crippen molar-refractivity contribution in [2.24, 2.45) is 0 Å². The Balaban J connectivity index is 2.36. The average Bonchev–Trinajstić information content (AvgIpc) is 2.61. The molecule has 4 nitrogen and oxygen atoms in total. The van der Waals surface area contributed by atoms with Crippen LogP contribution >= 0.6 is 0 Å². The minimum atomic E-state index is -0.0860. The number of carbonyl (C=O) groups excluding carboxylic acids is 1. The molecule has 0 spiro atoms. The smallest absolute Gasteiger partial charge is 0.226 e. The Kier molecular flexibility index (Phi) is 6.59. The Morgan fingerprint density at radius 3 is 2.52 bits per heavy atom. The van der Waals surface area contributed by atoms with E-state index in [0.717, 1.165) is 28.1 Å². The number of rotatable bonds is 7. The van der Waals surface area contributed by atoms with Crippen molar-refractivity contribution in [2.45, 2.75) is 47.3 Å². The predicted molar refractivity (Wildman–Crippen MR) is 101 cm³/mol. The van der Waals surface area contributed by atoms with Gasteiger partial charge in [-0.2, -0.15) is 0 Å². The maximum atomic E-state index is 12.3. The molecule has 1 N–H and O–H groups in total. The van der Waals surface area contributed by atoms with Crippen molar-refractivity contribution in [3.8, 4) is 5.75 Å². The van der Waals surface area contributed by atoms with Gasteiger partial charge in [0.25, 0.3) is 0 Å². The van der Waals surface area contributed by atoms with Crippen LogP contribution in [0.4, 0.5) is 5.69 Å². The van der Waals surface area contributed by atoms with Gasteiger partial charge in [-0.05, 0) is 44.0 Å². The molecular formula is C21H27NO3. The Morgan fingerprint density at radius 1 is 1.16 bits per heavy atom. The second kappa shape index (κ2) is 8.67. The van der Waals surface area contributed by atoms with Crippen molar-refractivity contribution in [3.63, 3.8) is 0 Å². The van der Waals surface area contributed by atoms with Crippen LogP contribution in [-0.4, -0.2) is 17.6 Å². The van der Waals surface area contributed by atoms with Gasteiger partial charge >= 0.3 is 0 Å². The van der Waals surface area contributed by atoms with Crippen molar-refractivity contribution in [3.05, 3.63) is 58.7 Å². The van der Waals surface area contributed by atoms with Crippen LogP contribution in [0.3, 0.4) is 0 Å². The fourth-order valence-corrected chi connectivity index (χ4v) is 2.97. The molecule has 0 radical (unpaired) electrons. The second-order valence-corrected chi connectivity index (χ2v) is 6.12. The zero-order chi connectivity index (χ0) is 18.4. The lowest BCUT2D eigenvalue weighted by Gasteiger charge is -2.25. The van der Waals surface area contributed by atoms with Gasteiger partial charge in [-0.25, -0.2) is 0 Å². The first kappa shape index (κ1) is 19.0. The van der Waals surface area contributed by atoms with Crippen LogP contribution in [0, 0.1) is 13.8 Å². The largest absolute Gasteiger partial charge is 0.489 e. The van der Waals surface area contributed by atoms with E-state index < -0.39 is 0 Å². The summed E-state index contributed by atoms with van der Waals surface area (Å²) in [5.41, 5.74) is 4.70. The molecule has 0 aliphatic carbocycles. The van der Waals surface area contributed by atoms with Crippen molar-refractivity contribution in [2.75, 3.05) is 11.4 Å². The molecule has 0 aliphatic rings. The van der Waals surface area contributed by atoms with Crippen molar-refractivity contribution >= 4 is 11.6 Å². The van der Waals surface area contributed by atoms with Crippen LogP contribution < -0.4 is 9.64 Å². The third kappa shape index (κ3) is 4.40. The normalized spacial score (nSPS) is 10.6. The van der Waals surface area contributed by atoms with Crippen LogP contribution in [0.25, 0.3) is 0 Å². The van der Waals surface area contributed by atoms with E-state index >= 15 is 0 Å². The SMILES string of the molecule is CCC(=O)N(CC)c1cccc(CO)c1COc1ccc(C)cc1C. The molecule has 2 rings (SSSR count). The Morgan fingerprint density at radius 2 is 1.92 bits per heavy atom. The first-order chi connectivity index (χ1) is 12.0. The number of amides is 1. The van der Waals surface area contributed by atoms with E-state index in [1.807, 2.05) is 58.0 Å². The molecule has 2 aromatic rings. The molecule has 4 heteroatoms. The van der Waals surface area contributed by atoms with Gasteiger partial charge in [0.2, 0.25) is 5.91 Å². The van der Waals surface area contributed by atoms with Crippen LogP contribution in [0.1, 0.15) is 42.5 Å². The molecule has 134 valence electrons. The Bertz CT molecular complexity index is 740. The lowest BCUT2D eigenvalue weighted by atomic mass is 10.0. The molecule has 0 aromatic heterocycles. The number of anilines is 1. The van der Waals surface area contributed by atoms with Gasteiger partial charge in [0.15, 0.2) is 0 Å². The summed E-state index contributed by atoms with van der Waals surface area (Å²) in [5.74, 6) is 0.875. The Labute approximate surface area is 150 Å². The second-order valence-electron chi connectivity index (χ2n) is 6.12. The molecule has 0 fully saturated rings. The molecular weight excluding hydrogens is 314 g/mol. The topological polar surface area (TPSA) is 49.8 Å². The van der Waals surface area contributed by atoms with Gasteiger partial charge in [0.05, 0.1) is 12.3 Å². The molecule has 0 aliphatic heterocycles. The zero-order valence-electron chi connectivity index (χ0n) is 15.5. The van der Waals surface area contributed by atoms with Crippen molar-refractivity contribution < 1.29 is 14.6 Å². The predicted octanol–water partition coefficient (Wildman–Crippen LogP) is 4.14. The van der Waals surface area contributed by atoms with Crippen LogP contribution in [0.5, 0.6) is 5.75 Å². The highest BCUT2D eigenvalue weighted by Crippen LogP contribution is 2.28. The molecule has 2 aromatic carbocycles. The standard InChI is InChI=1S/C21H27NO3/c1-5-21(24)22(6-2)19-9-7-8-17(13-23)18(19)14-25-20-11-10-15(3)12-16(20)4/h7-12,23H,5-6,13-14H2,1-4H3. The first-order valence-corrected chi connectivity index (χ1v) is 8.73. The summed E-state index contributed by atoms with van der Waals surface area (Å²) in [6, 6.07) is 11.7. The fourth-order valence-electron chi connectivity index (χ4n) is 2.97. The quantitative estimate of drug-likeness (QED) is 0.823. The summed E-state index contributed by atoms with van der Waals surface area (Å²) < 4.78 is 6.02. The summed E-state index contributed by atoms with van der Waals surface area (Å²) in [4.78, 5) is 14.0. The number of hydrogen-bond donors (Lipinski definition) is 1. The summed E-state index contributed by atoms with van der Waals surface area (Å²) in [5, 5.41) is 9.72. The Hall–Kier alpha value is -2.33. The highest BCUT2D eigenvalue weighted by atomic mass is 16.5. The van der Waals surface area contributed by atoms with Crippen molar-refractivity contribution in [1.82, 2.24) is 0 Å². The molecule has 25 heavy (non-hydrogen) atoms. The third-order valence-electron chi connectivity index (χ3n) is 4.33. The highest BCUT2D eigenvalue weighted by Gasteiger charge is 2.18. The van der Waals surface area contributed by atoms with Crippen LogP contribution in [-0.2, 0) is 18.0 Å². The van der Waals surface area contributed by atoms with E-state index in [1.165, 1.54) is 5.56 Å². The van der Waals surface area contributed by atoms with E-state index in [9.17, 15) is 9.90 Å². The average molecular weight is 341 g/mol. The maximum Gasteiger partial charge on any atom is 0.226 e.